The lowest BCUT2D eigenvalue weighted by atomic mass is 10.1. The molecule has 0 aliphatic heterocycles. The van der Waals surface area contributed by atoms with Gasteiger partial charge in [-0.15, -0.1) is 0 Å². The number of carbonyl (C=O) groups is 1. The molecule has 3 N–H and O–H groups in total. The van der Waals surface area contributed by atoms with Gasteiger partial charge < -0.3 is 10.6 Å². The van der Waals surface area contributed by atoms with Crippen molar-refractivity contribution in [2.24, 2.45) is 0 Å². The molecular weight excluding hydrogens is 292 g/mol. The highest BCUT2D eigenvalue weighted by Crippen LogP contribution is 2.11. The van der Waals surface area contributed by atoms with E-state index in [2.05, 4.69) is 20.3 Å². The van der Waals surface area contributed by atoms with Crippen LogP contribution in [0, 0.1) is 0 Å². The summed E-state index contributed by atoms with van der Waals surface area (Å²) in [6, 6.07) is 2.83. The van der Waals surface area contributed by atoms with Crippen LogP contribution in [0.5, 0.6) is 0 Å². The lowest BCUT2D eigenvalue weighted by Crippen LogP contribution is -2.41. The van der Waals surface area contributed by atoms with Crippen LogP contribution >= 0.6 is 0 Å². The average Bonchev–Trinajstić information content (AvgIpc) is 2.36. The number of pyridine rings is 1. The van der Waals surface area contributed by atoms with Crippen molar-refractivity contribution in [3.8, 4) is 0 Å². The molecule has 7 nitrogen and oxygen atoms in total. The number of nitrogens with one attached hydrogen (secondary N) is 3. The molecule has 0 aliphatic carbocycles. The molecule has 0 unspecified atom stereocenters. The third kappa shape index (κ3) is 6.09. The Morgan fingerprint density at radius 2 is 2.00 bits per heavy atom. The molecule has 8 heteroatoms. The van der Waals surface area contributed by atoms with Gasteiger partial charge in [0.05, 0.1) is 4.90 Å². The van der Waals surface area contributed by atoms with Crippen molar-refractivity contribution < 1.29 is 13.2 Å². The highest BCUT2D eigenvalue weighted by atomic mass is 32.2. The van der Waals surface area contributed by atoms with Crippen LogP contribution in [0.3, 0.4) is 0 Å². The summed E-state index contributed by atoms with van der Waals surface area (Å²) in [5.41, 5.74) is -0.331. The first-order valence-electron chi connectivity index (χ1n) is 6.58. The number of hydrogen-bond acceptors (Lipinski definition) is 5. The maximum atomic E-state index is 12.1. The smallest absolute Gasteiger partial charge is 0.240 e. The van der Waals surface area contributed by atoms with E-state index in [-0.39, 0.29) is 29.3 Å². The van der Waals surface area contributed by atoms with E-state index in [1.165, 1.54) is 18.3 Å². The van der Waals surface area contributed by atoms with Gasteiger partial charge in [-0.2, -0.15) is 0 Å². The van der Waals surface area contributed by atoms with Crippen LogP contribution < -0.4 is 15.4 Å². The monoisotopic (exact) mass is 314 g/mol. The Morgan fingerprint density at radius 1 is 1.33 bits per heavy atom. The van der Waals surface area contributed by atoms with Gasteiger partial charge in [0.15, 0.2) is 0 Å². The molecule has 1 heterocycles. The summed E-state index contributed by atoms with van der Waals surface area (Å²) in [6.07, 6.45) is 1.49. The molecular formula is C13H22N4O3S. The Labute approximate surface area is 125 Å². The minimum absolute atomic E-state index is 0.0431. The van der Waals surface area contributed by atoms with Gasteiger partial charge in [0, 0.05) is 37.8 Å². The second kappa shape index (κ2) is 6.86. The SMILES string of the molecule is CNc1cc(S(=O)(=O)NCCC(=O)NC(C)(C)C)ccn1. The summed E-state index contributed by atoms with van der Waals surface area (Å²) in [5.74, 6) is 0.263. The Morgan fingerprint density at radius 3 is 2.57 bits per heavy atom. The largest absolute Gasteiger partial charge is 0.373 e. The van der Waals surface area contributed by atoms with Crippen molar-refractivity contribution in [1.29, 1.82) is 0 Å². The summed E-state index contributed by atoms with van der Waals surface area (Å²) in [4.78, 5) is 15.7. The fourth-order valence-electron chi connectivity index (χ4n) is 1.58. The highest BCUT2D eigenvalue weighted by Gasteiger charge is 2.17. The predicted octanol–water partition coefficient (Wildman–Crippen LogP) is 0.706. The fraction of sp³-hybridized carbons (Fsp3) is 0.538. The molecule has 21 heavy (non-hydrogen) atoms. The zero-order valence-electron chi connectivity index (χ0n) is 12.7. The standard InChI is InChI=1S/C13H22N4O3S/c1-13(2,3)17-12(18)6-8-16-21(19,20)10-5-7-15-11(9-10)14-4/h5,7,9,16H,6,8H2,1-4H3,(H,14,15)(H,17,18). The molecule has 118 valence electrons. The average molecular weight is 314 g/mol. The number of rotatable bonds is 6. The van der Waals surface area contributed by atoms with Crippen molar-refractivity contribution in [3.63, 3.8) is 0 Å². The van der Waals surface area contributed by atoms with Gasteiger partial charge in [0.2, 0.25) is 15.9 Å². The van der Waals surface area contributed by atoms with E-state index in [1.807, 2.05) is 20.8 Å². The van der Waals surface area contributed by atoms with E-state index in [1.54, 1.807) is 7.05 Å². The van der Waals surface area contributed by atoms with E-state index in [9.17, 15) is 13.2 Å². The lowest BCUT2D eigenvalue weighted by molar-refractivity contribution is -0.122. The van der Waals surface area contributed by atoms with Crippen molar-refractivity contribution in [2.75, 3.05) is 18.9 Å². The van der Waals surface area contributed by atoms with Crippen molar-refractivity contribution in [2.45, 2.75) is 37.6 Å². The molecule has 1 aromatic heterocycles. The number of aromatic nitrogens is 1. The van der Waals surface area contributed by atoms with Gasteiger partial charge in [-0.3, -0.25) is 4.79 Å². The van der Waals surface area contributed by atoms with Crippen LogP contribution in [-0.2, 0) is 14.8 Å². The first-order chi connectivity index (χ1) is 9.64. The molecule has 0 fully saturated rings. The minimum Gasteiger partial charge on any atom is -0.373 e. The van der Waals surface area contributed by atoms with E-state index >= 15 is 0 Å². The number of sulfonamides is 1. The Balaban J connectivity index is 2.59. The molecule has 1 amide bonds. The Hall–Kier alpha value is -1.67. The zero-order valence-corrected chi connectivity index (χ0v) is 13.5. The van der Waals surface area contributed by atoms with Crippen LogP contribution in [-0.4, -0.2) is 38.4 Å². The van der Waals surface area contributed by atoms with Gasteiger partial charge >= 0.3 is 0 Å². The molecule has 0 spiro atoms. The number of anilines is 1. The topological polar surface area (TPSA) is 100 Å². The van der Waals surface area contributed by atoms with Crippen LogP contribution in [0.15, 0.2) is 23.2 Å². The van der Waals surface area contributed by atoms with Crippen LogP contribution in [0.4, 0.5) is 5.82 Å². The maximum Gasteiger partial charge on any atom is 0.240 e. The van der Waals surface area contributed by atoms with Crippen LogP contribution in [0.1, 0.15) is 27.2 Å². The third-order valence-electron chi connectivity index (χ3n) is 2.46. The van der Waals surface area contributed by atoms with E-state index in [0.29, 0.717) is 5.82 Å². The van der Waals surface area contributed by atoms with Gasteiger partial charge in [0.1, 0.15) is 5.82 Å². The molecule has 0 saturated heterocycles. The normalized spacial score (nSPS) is 12.0. The minimum atomic E-state index is -3.64. The van der Waals surface area contributed by atoms with Crippen molar-refractivity contribution in [1.82, 2.24) is 15.0 Å². The van der Waals surface area contributed by atoms with Crippen LogP contribution in [0.2, 0.25) is 0 Å². The predicted molar refractivity (Wildman–Crippen MR) is 81.5 cm³/mol. The summed E-state index contributed by atoms with van der Waals surface area (Å²) < 4.78 is 26.5. The highest BCUT2D eigenvalue weighted by molar-refractivity contribution is 7.89. The second-order valence-electron chi connectivity index (χ2n) is 5.57. The Bertz CT molecular complexity index is 594. The van der Waals surface area contributed by atoms with Gasteiger partial charge in [-0.25, -0.2) is 18.1 Å². The molecule has 1 aromatic rings. The molecule has 0 bridgehead atoms. The van der Waals surface area contributed by atoms with Gasteiger partial charge in [-0.05, 0) is 26.8 Å². The fourth-order valence-corrected chi connectivity index (χ4v) is 2.62. The maximum absolute atomic E-state index is 12.1. The van der Waals surface area contributed by atoms with E-state index in [4.69, 9.17) is 0 Å². The van der Waals surface area contributed by atoms with Crippen LogP contribution in [0.25, 0.3) is 0 Å². The first kappa shape index (κ1) is 17.4. The van der Waals surface area contributed by atoms with Gasteiger partial charge in [-0.1, -0.05) is 0 Å². The number of hydrogen-bond donors (Lipinski definition) is 3. The van der Waals surface area contributed by atoms with Crippen molar-refractivity contribution >= 4 is 21.7 Å². The quantitative estimate of drug-likeness (QED) is 0.718. The Kier molecular flexibility index (Phi) is 5.68. The summed E-state index contributed by atoms with van der Waals surface area (Å²) >= 11 is 0. The zero-order chi connectivity index (χ0) is 16.1. The van der Waals surface area contributed by atoms with E-state index in [0.717, 1.165) is 0 Å². The molecule has 0 atom stereocenters. The number of nitrogens with zero attached hydrogens (tertiary/aromatic N) is 1. The molecule has 0 aromatic carbocycles. The lowest BCUT2D eigenvalue weighted by Gasteiger charge is -2.20. The molecule has 0 aliphatic rings. The third-order valence-corrected chi connectivity index (χ3v) is 3.92. The summed E-state index contributed by atoms with van der Waals surface area (Å²) in [5, 5.41) is 5.54. The molecule has 0 saturated carbocycles. The summed E-state index contributed by atoms with van der Waals surface area (Å²) in [6.45, 7) is 5.64. The molecule has 0 radical (unpaired) electrons. The number of carbonyl (C=O) groups excluding carboxylic acids is 1. The van der Waals surface area contributed by atoms with Crippen molar-refractivity contribution in [3.05, 3.63) is 18.3 Å². The molecule has 1 rings (SSSR count). The second-order valence-corrected chi connectivity index (χ2v) is 7.34. The van der Waals surface area contributed by atoms with E-state index < -0.39 is 10.0 Å². The van der Waals surface area contributed by atoms with Gasteiger partial charge in [0.25, 0.3) is 0 Å². The summed E-state index contributed by atoms with van der Waals surface area (Å²) in [7, 11) is -1.99. The first-order valence-corrected chi connectivity index (χ1v) is 8.07. The number of amides is 1.